The van der Waals surface area contributed by atoms with E-state index in [9.17, 15) is 19.2 Å². The standard InChI is InChI=1S/C30H26N4O5S/c1-19(28(36)33-25-12-6-5-11-24(25)27(31)35)40-23-15-13-21(14-16-23)32-30(38)26(18-22-10-7-17-39-22)34-29(37)20-8-3-2-4-9-20/h2-19H,1H3,(H2,31,35)(H,32,38)(H,33,36)(H,34,37)/b26-18-. The Morgan fingerprint density at radius 1 is 0.850 bits per heavy atom. The second-order valence-electron chi connectivity index (χ2n) is 8.53. The Morgan fingerprint density at radius 2 is 1.55 bits per heavy atom. The average molecular weight is 555 g/mol. The zero-order valence-electron chi connectivity index (χ0n) is 21.4. The van der Waals surface area contributed by atoms with Crippen LogP contribution < -0.4 is 21.7 Å². The molecule has 0 fully saturated rings. The zero-order valence-corrected chi connectivity index (χ0v) is 22.2. The number of furan rings is 1. The number of para-hydroxylation sites is 1. The van der Waals surface area contributed by atoms with E-state index >= 15 is 0 Å². The Labute approximate surface area is 234 Å². The Bertz CT molecular complexity index is 1530. The van der Waals surface area contributed by atoms with Gasteiger partial charge in [-0.25, -0.2) is 0 Å². The van der Waals surface area contributed by atoms with Gasteiger partial charge in [-0.15, -0.1) is 11.8 Å². The summed E-state index contributed by atoms with van der Waals surface area (Å²) in [6, 6.07) is 25.3. The van der Waals surface area contributed by atoms with Crippen molar-refractivity contribution in [2.75, 3.05) is 10.6 Å². The highest BCUT2D eigenvalue weighted by atomic mass is 32.2. The van der Waals surface area contributed by atoms with Crippen molar-refractivity contribution in [1.29, 1.82) is 0 Å². The molecule has 0 aliphatic carbocycles. The van der Waals surface area contributed by atoms with E-state index in [4.69, 9.17) is 10.2 Å². The first kappa shape index (κ1) is 27.9. The molecule has 4 amide bonds. The number of primary amides is 1. The van der Waals surface area contributed by atoms with Gasteiger partial charge in [-0.05, 0) is 67.6 Å². The molecule has 9 nitrogen and oxygen atoms in total. The number of rotatable bonds is 10. The molecule has 0 radical (unpaired) electrons. The van der Waals surface area contributed by atoms with Gasteiger partial charge in [0.05, 0.1) is 22.8 Å². The van der Waals surface area contributed by atoms with Crippen molar-refractivity contribution in [3.8, 4) is 0 Å². The van der Waals surface area contributed by atoms with Crippen molar-refractivity contribution in [2.24, 2.45) is 5.73 Å². The van der Waals surface area contributed by atoms with Crippen molar-refractivity contribution >= 4 is 52.8 Å². The topological polar surface area (TPSA) is 144 Å². The zero-order chi connectivity index (χ0) is 28.5. The van der Waals surface area contributed by atoms with Crippen LogP contribution >= 0.6 is 11.8 Å². The first-order chi connectivity index (χ1) is 19.3. The molecule has 0 saturated carbocycles. The molecule has 4 rings (SSSR count). The van der Waals surface area contributed by atoms with Gasteiger partial charge >= 0.3 is 0 Å². The van der Waals surface area contributed by atoms with Crippen molar-refractivity contribution in [2.45, 2.75) is 17.1 Å². The molecule has 1 aromatic heterocycles. The summed E-state index contributed by atoms with van der Waals surface area (Å²) < 4.78 is 5.31. The summed E-state index contributed by atoms with van der Waals surface area (Å²) in [6.07, 6.45) is 2.91. The number of hydrogen-bond donors (Lipinski definition) is 4. The minimum Gasteiger partial charge on any atom is -0.465 e. The molecular weight excluding hydrogens is 528 g/mol. The molecule has 1 atom stereocenters. The molecule has 4 aromatic rings. The maximum Gasteiger partial charge on any atom is 0.272 e. The Hall–Kier alpha value is -5.09. The van der Waals surface area contributed by atoms with Gasteiger partial charge < -0.3 is 26.1 Å². The first-order valence-electron chi connectivity index (χ1n) is 12.2. The summed E-state index contributed by atoms with van der Waals surface area (Å²) in [5.74, 6) is -1.50. The molecule has 10 heteroatoms. The van der Waals surface area contributed by atoms with Gasteiger partial charge in [-0.1, -0.05) is 30.3 Å². The van der Waals surface area contributed by atoms with Crippen LogP contribution in [0.5, 0.6) is 0 Å². The van der Waals surface area contributed by atoms with Gasteiger partial charge in [0.25, 0.3) is 17.7 Å². The third-order valence-electron chi connectivity index (χ3n) is 5.60. The smallest absolute Gasteiger partial charge is 0.272 e. The van der Waals surface area contributed by atoms with E-state index in [2.05, 4.69) is 16.0 Å². The molecule has 0 saturated heterocycles. The molecule has 5 N–H and O–H groups in total. The van der Waals surface area contributed by atoms with Crippen LogP contribution in [-0.2, 0) is 9.59 Å². The van der Waals surface area contributed by atoms with Crippen LogP contribution in [0, 0.1) is 0 Å². The van der Waals surface area contributed by atoms with Gasteiger partial charge in [-0.3, -0.25) is 19.2 Å². The summed E-state index contributed by atoms with van der Waals surface area (Å²) in [7, 11) is 0. The molecule has 1 heterocycles. The summed E-state index contributed by atoms with van der Waals surface area (Å²) in [6.45, 7) is 1.74. The number of thioether (sulfide) groups is 1. The normalized spacial score (nSPS) is 11.8. The van der Waals surface area contributed by atoms with Gasteiger partial charge in [0.2, 0.25) is 5.91 Å². The Kier molecular flexibility index (Phi) is 9.16. The molecule has 40 heavy (non-hydrogen) atoms. The number of carbonyl (C=O) groups excluding carboxylic acids is 4. The molecule has 0 spiro atoms. The number of anilines is 2. The highest BCUT2D eigenvalue weighted by Crippen LogP contribution is 2.26. The molecule has 3 aromatic carbocycles. The van der Waals surface area contributed by atoms with E-state index in [0.29, 0.717) is 22.7 Å². The predicted octanol–water partition coefficient (Wildman–Crippen LogP) is 4.91. The van der Waals surface area contributed by atoms with Crippen molar-refractivity contribution < 1.29 is 23.6 Å². The van der Waals surface area contributed by atoms with Crippen LogP contribution in [0.3, 0.4) is 0 Å². The number of nitrogens with two attached hydrogens (primary N) is 1. The lowest BCUT2D eigenvalue weighted by molar-refractivity contribution is -0.115. The number of benzene rings is 3. The fraction of sp³-hybridized carbons (Fsp3) is 0.0667. The predicted molar refractivity (Wildman–Crippen MR) is 155 cm³/mol. The van der Waals surface area contributed by atoms with E-state index in [1.165, 1.54) is 24.1 Å². The second-order valence-corrected chi connectivity index (χ2v) is 9.95. The lowest BCUT2D eigenvalue weighted by Crippen LogP contribution is -2.30. The molecule has 0 bridgehead atoms. The average Bonchev–Trinajstić information content (AvgIpc) is 3.47. The number of nitrogens with one attached hydrogen (secondary N) is 3. The highest BCUT2D eigenvalue weighted by molar-refractivity contribution is 8.00. The first-order valence-corrected chi connectivity index (χ1v) is 13.1. The minimum atomic E-state index is -0.629. The molecule has 1 unspecified atom stereocenters. The van der Waals surface area contributed by atoms with Crippen LogP contribution in [0.25, 0.3) is 6.08 Å². The van der Waals surface area contributed by atoms with E-state index in [0.717, 1.165) is 4.90 Å². The van der Waals surface area contributed by atoms with Crippen LogP contribution in [0.2, 0.25) is 0 Å². The highest BCUT2D eigenvalue weighted by Gasteiger charge is 2.18. The Morgan fingerprint density at radius 3 is 2.23 bits per heavy atom. The van der Waals surface area contributed by atoms with Crippen LogP contribution in [-0.4, -0.2) is 28.9 Å². The van der Waals surface area contributed by atoms with E-state index < -0.39 is 23.0 Å². The molecule has 202 valence electrons. The summed E-state index contributed by atoms with van der Waals surface area (Å²) in [4.78, 5) is 50.9. The fourth-order valence-corrected chi connectivity index (χ4v) is 4.44. The maximum absolute atomic E-state index is 13.1. The number of hydrogen-bond acceptors (Lipinski definition) is 6. The van der Waals surface area contributed by atoms with E-state index in [-0.39, 0.29) is 17.2 Å². The van der Waals surface area contributed by atoms with Crippen LogP contribution in [0.15, 0.2) is 112 Å². The SMILES string of the molecule is CC(Sc1ccc(NC(=O)/C(=C/c2ccco2)NC(=O)c2ccccc2)cc1)C(=O)Nc1ccccc1C(N)=O. The lowest BCUT2D eigenvalue weighted by Gasteiger charge is -2.14. The van der Waals surface area contributed by atoms with Crippen molar-refractivity contribution in [3.63, 3.8) is 0 Å². The second kappa shape index (κ2) is 13.1. The van der Waals surface area contributed by atoms with Crippen LogP contribution in [0.1, 0.15) is 33.4 Å². The lowest BCUT2D eigenvalue weighted by atomic mass is 10.1. The van der Waals surface area contributed by atoms with Gasteiger partial charge in [0, 0.05) is 22.2 Å². The number of carbonyl (C=O) groups is 4. The minimum absolute atomic E-state index is 0.00351. The van der Waals surface area contributed by atoms with Crippen molar-refractivity contribution in [3.05, 3.63) is 120 Å². The number of amides is 4. The van der Waals surface area contributed by atoms with Gasteiger partial charge in [0.15, 0.2) is 0 Å². The van der Waals surface area contributed by atoms with Gasteiger partial charge in [0.1, 0.15) is 11.5 Å². The molecular formula is C30H26N4O5S. The third kappa shape index (κ3) is 7.49. The van der Waals surface area contributed by atoms with E-state index in [1.807, 2.05) is 0 Å². The van der Waals surface area contributed by atoms with Crippen LogP contribution in [0.4, 0.5) is 11.4 Å². The Balaban J connectivity index is 1.40. The summed E-state index contributed by atoms with van der Waals surface area (Å²) in [5, 5.41) is 7.67. The molecule has 0 aliphatic rings. The largest absolute Gasteiger partial charge is 0.465 e. The fourth-order valence-electron chi connectivity index (χ4n) is 3.57. The summed E-state index contributed by atoms with van der Waals surface area (Å²) in [5.41, 5.74) is 6.86. The van der Waals surface area contributed by atoms with Gasteiger partial charge in [-0.2, -0.15) is 0 Å². The molecule has 0 aliphatic heterocycles. The van der Waals surface area contributed by atoms with Crippen molar-refractivity contribution in [1.82, 2.24) is 5.32 Å². The monoisotopic (exact) mass is 554 g/mol. The van der Waals surface area contributed by atoms with E-state index in [1.54, 1.807) is 97.9 Å². The quantitative estimate of drug-likeness (QED) is 0.162. The summed E-state index contributed by atoms with van der Waals surface area (Å²) >= 11 is 1.31. The third-order valence-corrected chi connectivity index (χ3v) is 6.72. The maximum atomic E-state index is 13.1.